The van der Waals surface area contributed by atoms with Crippen LogP contribution in [0.25, 0.3) is 5.78 Å². The fourth-order valence-electron chi connectivity index (χ4n) is 2.96. The average molecular weight is 403 g/mol. The molecule has 28 heavy (non-hydrogen) atoms. The minimum absolute atomic E-state index is 0.0990. The lowest BCUT2D eigenvalue weighted by Crippen LogP contribution is -2.39. The molecule has 0 aliphatic heterocycles. The van der Waals surface area contributed by atoms with Gasteiger partial charge in [-0.1, -0.05) is 6.07 Å². The van der Waals surface area contributed by atoms with Crippen molar-refractivity contribution < 1.29 is 18.3 Å². The molecule has 3 rings (SSSR count). The standard InChI is InChI=1S/C18H21N5O4S/c1-10(2)23(15-13(5)11(3)6-7-14(15)16(24)25)28(26,27)18-20-17-19-12(4)8-9-22(17)21-18/h6-10H,1-5H3,(H,24,25). The number of sulfonamides is 1. The first-order chi connectivity index (χ1) is 13.0. The number of hydrogen-bond donors (Lipinski definition) is 1. The number of aromatic carboxylic acids is 1. The molecule has 0 atom stereocenters. The van der Waals surface area contributed by atoms with Crippen LogP contribution in [0.3, 0.4) is 0 Å². The molecule has 0 radical (unpaired) electrons. The molecule has 1 N–H and O–H groups in total. The van der Waals surface area contributed by atoms with Crippen molar-refractivity contribution in [3.63, 3.8) is 0 Å². The number of nitrogens with zero attached hydrogens (tertiary/aromatic N) is 5. The second-order valence-electron chi connectivity index (χ2n) is 6.81. The van der Waals surface area contributed by atoms with Crippen molar-refractivity contribution in [3.05, 3.63) is 46.8 Å². The molecule has 0 saturated carbocycles. The van der Waals surface area contributed by atoms with Gasteiger partial charge in [0.1, 0.15) is 0 Å². The predicted molar refractivity (Wildman–Crippen MR) is 103 cm³/mol. The number of fused-ring (bicyclic) bond motifs is 1. The lowest BCUT2D eigenvalue weighted by atomic mass is 10.0. The van der Waals surface area contributed by atoms with Gasteiger partial charge in [0.15, 0.2) is 0 Å². The Morgan fingerprint density at radius 3 is 2.43 bits per heavy atom. The summed E-state index contributed by atoms with van der Waals surface area (Å²) < 4.78 is 29.2. The quantitative estimate of drug-likeness (QED) is 0.695. The molecule has 0 unspecified atom stereocenters. The van der Waals surface area contributed by atoms with E-state index in [0.717, 1.165) is 9.87 Å². The Labute approximate surface area is 162 Å². The van der Waals surface area contributed by atoms with E-state index >= 15 is 0 Å². The van der Waals surface area contributed by atoms with Gasteiger partial charge in [0.25, 0.3) is 10.9 Å². The summed E-state index contributed by atoms with van der Waals surface area (Å²) in [6, 6.07) is 4.19. The SMILES string of the molecule is Cc1ccn2nc(S(=O)(=O)N(c3c(C(=O)O)ccc(C)c3C)C(C)C)nc2n1. The molecule has 0 saturated heterocycles. The third-order valence-corrected chi connectivity index (χ3v) is 6.19. The average Bonchev–Trinajstić information content (AvgIpc) is 3.02. The molecule has 0 amide bonds. The molecule has 1 aromatic carbocycles. The molecule has 148 valence electrons. The number of benzene rings is 1. The first-order valence-electron chi connectivity index (χ1n) is 8.62. The lowest BCUT2D eigenvalue weighted by Gasteiger charge is -2.30. The van der Waals surface area contributed by atoms with Gasteiger partial charge < -0.3 is 5.11 Å². The molecule has 9 nitrogen and oxygen atoms in total. The van der Waals surface area contributed by atoms with E-state index in [4.69, 9.17) is 0 Å². The Balaban J connectivity index is 2.27. The minimum atomic E-state index is -4.24. The maximum absolute atomic E-state index is 13.4. The van der Waals surface area contributed by atoms with Crippen LogP contribution in [0, 0.1) is 20.8 Å². The van der Waals surface area contributed by atoms with Crippen molar-refractivity contribution in [2.24, 2.45) is 0 Å². The van der Waals surface area contributed by atoms with Gasteiger partial charge in [0, 0.05) is 17.9 Å². The first kappa shape index (κ1) is 19.7. The molecule has 0 bridgehead atoms. The predicted octanol–water partition coefficient (Wildman–Crippen LogP) is 2.35. The van der Waals surface area contributed by atoms with Gasteiger partial charge in [-0.15, -0.1) is 5.10 Å². The highest BCUT2D eigenvalue weighted by Crippen LogP contribution is 2.33. The second-order valence-corrected chi connectivity index (χ2v) is 8.52. The molecule has 0 aliphatic rings. The molecular weight excluding hydrogens is 382 g/mol. The maximum Gasteiger partial charge on any atom is 0.337 e. The van der Waals surface area contributed by atoms with E-state index in [-0.39, 0.29) is 17.0 Å². The van der Waals surface area contributed by atoms with E-state index in [1.165, 1.54) is 10.6 Å². The Morgan fingerprint density at radius 1 is 1.14 bits per heavy atom. The van der Waals surface area contributed by atoms with Gasteiger partial charge in [-0.3, -0.25) is 4.31 Å². The van der Waals surface area contributed by atoms with Crippen molar-refractivity contribution in [1.29, 1.82) is 0 Å². The third kappa shape index (κ3) is 3.19. The second kappa shape index (κ2) is 6.86. The zero-order valence-electron chi connectivity index (χ0n) is 16.2. The monoisotopic (exact) mass is 403 g/mol. The van der Waals surface area contributed by atoms with Crippen molar-refractivity contribution in [2.45, 2.75) is 45.8 Å². The van der Waals surface area contributed by atoms with Gasteiger partial charge in [0.05, 0.1) is 11.3 Å². The van der Waals surface area contributed by atoms with Crippen LogP contribution in [0.2, 0.25) is 0 Å². The van der Waals surface area contributed by atoms with E-state index in [1.54, 1.807) is 52.9 Å². The van der Waals surface area contributed by atoms with Crippen LogP contribution in [0.4, 0.5) is 5.69 Å². The van der Waals surface area contributed by atoms with E-state index < -0.39 is 27.2 Å². The van der Waals surface area contributed by atoms with Crippen molar-refractivity contribution in [2.75, 3.05) is 4.31 Å². The van der Waals surface area contributed by atoms with E-state index in [9.17, 15) is 18.3 Å². The fourth-order valence-corrected chi connectivity index (χ4v) is 4.55. The molecule has 0 fully saturated rings. The van der Waals surface area contributed by atoms with Crippen LogP contribution in [0.1, 0.15) is 41.0 Å². The molecule has 10 heteroatoms. The number of aryl methyl sites for hydroxylation is 2. The Hall–Kier alpha value is -3.01. The van der Waals surface area contributed by atoms with Crippen LogP contribution in [0.15, 0.2) is 29.6 Å². The number of anilines is 1. The van der Waals surface area contributed by atoms with Crippen molar-refractivity contribution in [3.8, 4) is 0 Å². The summed E-state index contributed by atoms with van der Waals surface area (Å²) in [5.41, 5.74) is 2.03. The topological polar surface area (TPSA) is 118 Å². The largest absolute Gasteiger partial charge is 0.478 e. The zero-order valence-corrected chi connectivity index (χ0v) is 17.0. The molecule has 0 spiro atoms. The molecule has 2 heterocycles. The number of carbonyl (C=O) groups is 1. The number of rotatable bonds is 5. The Kier molecular flexibility index (Phi) is 4.84. The van der Waals surface area contributed by atoms with Crippen LogP contribution in [-0.2, 0) is 10.0 Å². The number of carboxylic acids is 1. The van der Waals surface area contributed by atoms with Crippen LogP contribution >= 0.6 is 0 Å². The van der Waals surface area contributed by atoms with Crippen LogP contribution in [0.5, 0.6) is 0 Å². The zero-order chi connectivity index (χ0) is 20.8. The number of aromatic nitrogens is 4. The fraction of sp³-hybridized carbons (Fsp3) is 0.333. The summed E-state index contributed by atoms with van der Waals surface area (Å²) in [4.78, 5) is 20.0. The number of carboxylic acid groups (broad SMARTS) is 1. The van der Waals surface area contributed by atoms with Gasteiger partial charge in [-0.05, 0) is 57.9 Å². The summed E-state index contributed by atoms with van der Waals surface area (Å²) in [5, 5.41) is 13.2. The van der Waals surface area contributed by atoms with Gasteiger partial charge in [0.2, 0.25) is 0 Å². The normalized spacial score (nSPS) is 11.9. The van der Waals surface area contributed by atoms with Gasteiger partial charge in [-0.2, -0.15) is 13.4 Å². The molecule has 2 aromatic heterocycles. The highest BCUT2D eigenvalue weighted by molar-refractivity contribution is 7.92. The van der Waals surface area contributed by atoms with Gasteiger partial charge >= 0.3 is 16.0 Å². The van der Waals surface area contributed by atoms with E-state index in [2.05, 4.69) is 15.1 Å². The smallest absolute Gasteiger partial charge is 0.337 e. The summed E-state index contributed by atoms with van der Waals surface area (Å²) in [6.07, 6.45) is 1.57. The Morgan fingerprint density at radius 2 is 1.82 bits per heavy atom. The molecule has 3 aromatic rings. The summed E-state index contributed by atoms with van der Waals surface area (Å²) in [7, 11) is -4.24. The van der Waals surface area contributed by atoms with Crippen LogP contribution in [-0.4, -0.2) is 45.1 Å². The maximum atomic E-state index is 13.4. The van der Waals surface area contributed by atoms with E-state index in [0.29, 0.717) is 11.3 Å². The minimum Gasteiger partial charge on any atom is -0.478 e. The van der Waals surface area contributed by atoms with Gasteiger partial charge in [-0.25, -0.2) is 14.3 Å². The number of hydrogen-bond acceptors (Lipinski definition) is 6. The van der Waals surface area contributed by atoms with Crippen molar-refractivity contribution in [1.82, 2.24) is 19.6 Å². The Bertz CT molecular complexity index is 1180. The summed E-state index contributed by atoms with van der Waals surface area (Å²) in [5.74, 6) is -1.05. The highest BCUT2D eigenvalue weighted by Gasteiger charge is 2.35. The molecule has 0 aliphatic carbocycles. The molecular formula is C18H21N5O4S. The van der Waals surface area contributed by atoms with Crippen molar-refractivity contribution >= 4 is 27.5 Å². The highest BCUT2D eigenvalue weighted by atomic mass is 32.2. The van der Waals surface area contributed by atoms with Crippen LogP contribution < -0.4 is 4.31 Å². The summed E-state index contributed by atoms with van der Waals surface area (Å²) in [6.45, 7) is 8.60. The first-order valence-corrected chi connectivity index (χ1v) is 10.1. The van der Waals surface area contributed by atoms with E-state index in [1.807, 2.05) is 0 Å². The summed E-state index contributed by atoms with van der Waals surface area (Å²) >= 11 is 0. The lowest BCUT2D eigenvalue weighted by molar-refractivity contribution is 0.0697. The third-order valence-electron chi connectivity index (χ3n) is 4.44.